The van der Waals surface area contributed by atoms with Crippen LogP contribution < -0.4 is 5.73 Å². The normalized spacial score (nSPS) is 23.2. The number of hydrogen-bond donors (Lipinski definition) is 1. The molecule has 1 aromatic rings. The number of likely N-dealkylation sites (tertiary alicyclic amines) is 1. The van der Waals surface area contributed by atoms with Crippen molar-refractivity contribution in [2.75, 3.05) is 27.2 Å². The average molecular weight is 354 g/mol. The Morgan fingerprint density at radius 1 is 1.43 bits per heavy atom. The van der Waals surface area contributed by atoms with Crippen molar-refractivity contribution in [3.63, 3.8) is 0 Å². The molecule has 1 aromatic carbocycles. The second-order valence-corrected chi connectivity index (χ2v) is 7.24. The van der Waals surface area contributed by atoms with Crippen LogP contribution in [0, 0.1) is 0 Å². The van der Waals surface area contributed by atoms with Gasteiger partial charge < -0.3 is 10.6 Å². The number of benzene rings is 1. The van der Waals surface area contributed by atoms with Crippen molar-refractivity contribution in [1.82, 2.24) is 9.80 Å². The quantitative estimate of drug-likeness (QED) is 0.881. The van der Waals surface area contributed by atoms with Crippen molar-refractivity contribution in [3.05, 3.63) is 34.3 Å². The molecule has 0 aliphatic carbocycles. The molecule has 0 aromatic heterocycles. The number of hydrogen-bond acceptors (Lipinski definition) is 3. The Kier molecular flexibility index (Phi) is 6.23. The van der Waals surface area contributed by atoms with Crippen LogP contribution in [0.1, 0.15) is 37.8 Å². The van der Waals surface area contributed by atoms with Crippen LogP contribution in [0.15, 0.2) is 28.7 Å². The molecule has 0 amide bonds. The molecular weight excluding hydrogens is 326 g/mol. The highest BCUT2D eigenvalue weighted by Crippen LogP contribution is 2.30. The summed E-state index contributed by atoms with van der Waals surface area (Å²) >= 11 is 3.59. The van der Waals surface area contributed by atoms with Gasteiger partial charge in [0.2, 0.25) is 0 Å². The van der Waals surface area contributed by atoms with E-state index in [1.807, 2.05) is 0 Å². The predicted octanol–water partition coefficient (Wildman–Crippen LogP) is 3.25. The molecule has 21 heavy (non-hydrogen) atoms. The number of rotatable bonds is 5. The van der Waals surface area contributed by atoms with Crippen LogP contribution in [0.3, 0.4) is 0 Å². The summed E-state index contributed by atoms with van der Waals surface area (Å²) in [7, 11) is 4.37. The van der Waals surface area contributed by atoms with Crippen molar-refractivity contribution in [2.24, 2.45) is 5.73 Å². The number of halogens is 1. The van der Waals surface area contributed by atoms with Gasteiger partial charge in [0.15, 0.2) is 0 Å². The van der Waals surface area contributed by atoms with Gasteiger partial charge in [-0.05, 0) is 57.6 Å². The van der Waals surface area contributed by atoms with Gasteiger partial charge in [-0.3, -0.25) is 4.90 Å². The molecular formula is C17H28BrN3. The van der Waals surface area contributed by atoms with Crippen molar-refractivity contribution in [2.45, 2.75) is 44.3 Å². The molecule has 118 valence electrons. The highest BCUT2D eigenvalue weighted by molar-refractivity contribution is 9.10. The van der Waals surface area contributed by atoms with E-state index in [0.29, 0.717) is 12.1 Å². The molecule has 0 saturated carbocycles. The van der Waals surface area contributed by atoms with E-state index in [-0.39, 0.29) is 6.04 Å². The van der Waals surface area contributed by atoms with Crippen LogP contribution >= 0.6 is 15.9 Å². The minimum atomic E-state index is 0.181. The SMILES string of the molecule is CCC(N)C(c1cccc(Br)c1)N1CCCC(N(C)C)C1. The van der Waals surface area contributed by atoms with E-state index in [9.17, 15) is 0 Å². The van der Waals surface area contributed by atoms with Crippen molar-refractivity contribution in [1.29, 1.82) is 0 Å². The molecule has 1 aliphatic rings. The Labute approximate surface area is 137 Å². The van der Waals surface area contributed by atoms with E-state index in [1.54, 1.807) is 0 Å². The molecule has 3 nitrogen and oxygen atoms in total. The van der Waals surface area contributed by atoms with Gasteiger partial charge in [0, 0.05) is 29.1 Å². The van der Waals surface area contributed by atoms with Crippen LogP contribution in [0.4, 0.5) is 0 Å². The van der Waals surface area contributed by atoms with E-state index in [2.05, 4.69) is 71.0 Å². The summed E-state index contributed by atoms with van der Waals surface area (Å²) in [6.45, 7) is 4.44. The Balaban J connectivity index is 2.23. The number of piperidine rings is 1. The lowest BCUT2D eigenvalue weighted by molar-refractivity contribution is 0.0832. The summed E-state index contributed by atoms with van der Waals surface area (Å²) in [5.41, 5.74) is 7.81. The Hall–Kier alpha value is -0.420. The van der Waals surface area contributed by atoms with Gasteiger partial charge >= 0.3 is 0 Å². The fourth-order valence-corrected chi connectivity index (χ4v) is 3.72. The highest BCUT2D eigenvalue weighted by atomic mass is 79.9. The van der Waals surface area contributed by atoms with Crippen molar-refractivity contribution >= 4 is 15.9 Å². The minimum absolute atomic E-state index is 0.181. The first kappa shape index (κ1) is 16.9. The third-order valence-corrected chi connectivity index (χ3v) is 5.11. The minimum Gasteiger partial charge on any atom is -0.326 e. The zero-order valence-electron chi connectivity index (χ0n) is 13.4. The lowest BCUT2D eigenvalue weighted by Gasteiger charge is -2.42. The van der Waals surface area contributed by atoms with Crippen LogP contribution in [0.25, 0.3) is 0 Å². The lowest BCUT2D eigenvalue weighted by Crippen LogP contribution is -2.50. The second-order valence-electron chi connectivity index (χ2n) is 6.33. The second kappa shape index (κ2) is 7.73. The summed E-state index contributed by atoms with van der Waals surface area (Å²) in [6.07, 6.45) is 3.54. The molecule has 0 spiro atoms. The maximum atomic E-state index is 6.48. The molecule has 1 saturated heterocycles. The maximum absolute atomic E-state index is 6.48. The largest absolute Gasteiger partial charge is 0.326 e. The number of nitrogens with zero attached hydrogens (tertiary/aromatic N) is 2. The molecule has 0 bridgehead atoms. The van der Waals surface area contributed by atoms with E-state index in [0.717, 1.165) is 24.0 Å². The maximum Gasteiger partial charge on any atom is 0.0500 e. The molecule has 4 heteroatoms. The molecule has 3 unspecified atom stereocenters. The summed E-state index contributed by atoms with van der Waals surface area (Å²) in [5, 5.41) is 0. The fraction of sp³-hybridized carbons (Fsp3) is 0.647. The first-order valence-corrected chi connectivity index (χ1v) is 8.73. The zero-order chi connectivity index (χ0) is 15.4. The summed E-state index contributed by atoms with van der Waals surface area (Å²) in [4.78, 5) is 4.94. The number of likely N-dealkylation sites (N-methyl/N-ethyl adjacent to an activating group) is 1. The monoisotopic (exact) mass is 353 g/mol. The van der Waals surface area contributed by atoms with Crippen LogP contribution in [0.5, 0.6) is 0 Å². The third kappa shape index (κ3) is 4.28. The average Bonchev–Trinajstić information content (AvgIpc) is 2.47. The molecule has 1 aliphatic heterocycles. The van der Waals surface area contributed by atoms with Crippen molar-refractivity contribution in [3.8, 4) is 0 Å². The molecule has 1 fully saturated rings. The lowest BCUT2D eigenvalue weighted by atomic mass is 9.93. The first-order chi connectivity index (χ1) is 10.0. The standard InChI is InChI=1S/C17H28BrN3/c1-4-16(19)17(13-7-5-8-14(18)11-13)21-10-6-9-15(12-21)20(2)3/h5,7-8,11,15-17H,4,6,9-10,12,19H2,1-3H3. The van der Waals surface area contributed by atoms with Gasteiger partial charge in [-0.15, -0.1) is 0 Å². The van der Waals surface area contributed by atoms with Crippen LogP contribution in [-0.2, 0) is 0 Å². The van der Waals surface area contributed by atoms with Gasteiger partial charge in [-0.25, -0.2) is 0 Å². The Morgan fingerprint density at radius 3 is 2.81 bits per heavy atom. The highest BCUT2D eigenvalue weighted by Gasteiger charge is 2.30. The smallest absolute Gasteiger partial charge is 0.0500 e. The Bertz CT molecular complexity index is 449. The van der Waals surface area contributed by atoms with Crippen LogP contribution in [0.2, 0.25) is 0 Å². The topological polar surface area (TPSA) is 32.5 Å². The van der Waals surface area contributed by atoms with Gasteiger partial charge in [-0.2, -0.15) is 0 Å². The molecule has 2 N–H and O–H groups in total. The third-order valence-electron chi connectivity index (χ3n) is 4.62. The van der Waals surface area contributed by atoms with E-state index >= 15 is 0 Å². The number of nitrogens with two attached hydrogens (primary N) is 1. The molecule has 2 rings (SSSR count). The molecule has 3 atom stereocenters. The van der Waals surface area contributed by atoms with Gasteiger partial charge in [-0.1, -0.05) is 35.0 Å². The van der Waals surface area contributed by atoms with Crippen molar-refractivity contribution < 1.29 is 0 Å². The van der Waals surface area contributed by atoms with Gasteiger partial charge in [0.1, 0.15) is 0 Å². The summed E-state index contributed by atoms with van der Waals surface area (Å²) in [6, 6.07) is 9.76. The summed E-state index contributed by atoms with van der Waals surface area (Å²) < 4.78 is 1.13. The van der Waals surface area contributed by atoms with Crippen LogP contribution in [-0.4, -0.2) is 49.1 Å². The first-order valence-electron chi connectivity index (χ1n) is 7.94. The molecule has 1 heterocycles. The van der Waals surface area contributed by atoms with E-state index < -0.39 is 0 Å². The van der Waals surface area contributed by atoms with E-state index in [4.69, 9.17) is 5.73 Å². The summed E-state index contributed by atoms with van der Waals surface area (Å²) in [5.74, 6) is 0. The predicted molar refractivity (Wildman–Crippen MR) is 93.4 cm³/mol. The molecule has 0 radical (unpaired) electrons. The van der Waals surface area contributed by atoms with E-state index in [1.165, 1.54) is 18.4 Å². The Morgan fingerprint density at radius 2 is 2.19 bits per heavy atom. The fourth-order valence-electron chi connectivity index (χ4n) is 3.30. The zero-order valence-corrected chi connectivity index (χ0v) is 15.0. The van der Waals surface area contributed by atoms with Gasteiger partial charge in [0.05, 0.1) is 0 Å². The van der Waals surface area contributed by atoms with Gasteiger partial charge in [0.25, 0.3) is 0 Å².